The van der Waals surface area contributed by atoms with Crippen LogP contribution in [0.3, 0.4) is 0 Å². The molecule has 2 heterocycles. The molecule has 0 saturated carbocycles. The van der Waals surface area contributed by atoms with Gasteiger partial charge in [0.25, 0.3) is 10.0 Å². The molecule has 0 bridgehead atoms. The van der Waals surface area contributed by atoms with Crippen LogP contribution >= 0.6 is 11.6 Å². The van der Waals surface area contributed by atoms with Crippen LogP contribution in [0.25, 0.3) is 11.0 Å². The van der Waals surface area contributed by atoms with E-state index in [-0.39, 0.29) is 21.0 Å². The molecule has 0 radical (unpaired) electrons. The zero-order chi connectivity index (χ0) is 16.8. The fraction of sp³-hybridized carbons (Fsp3) is 0.0714. The van der Waals surface area contributed by atoms with E-state index < -0.39 is 21.8 Å². The van der Waals surface area contributed by atoms with Gasteiger partial charge < -0.3 is 0 Å². The summed E-state index contributed by atoms with van der Waals surface area (Å²) < 4.78 is 64.2. The lowest BCUT2D eigenvalue weighted by molar-refractivity contribution is -0.137. The van der Waals surface area contributed by atoms with E-state index in [1.165, 1.54) is 24.3 Å². The Morgan fingerprint density at radius 3 is 2.39 bits per heavy atom. The first-order valence-corrected chi connectivity index (χ1v) is 8.07. The summed E-state index contributed by atoms with van der Waals surface area (Å²) in [6.07, 6.45) is -2.97. The van der Waals surface area contributed by atoms with Crippen molar-refractivity contribution in [2.45, 2.75) is 11.1 Å². The Bertz CT molecular complexity index is 982. The minimum atomic E-state index is -4.59. The highest BCUT2D eigenvalue weighted by Gasteiger charge is 2.32. The molecule has 0 spiro atoms. The molecule has 23 heavy (non-hydrogen) atoms. The molecule has 0 aliphatic rings. The molecule has 1 aromatic carbocycles. The van der Waals surface area contributed by atoms with Crippen LogP contribution in [0.1, 0.15) is 5.56 Å². The first-order valence-electron chi connectivity index (χ1n) is 6.25. The summed E-state index contributed by atoms with van der Waals surface area (Å²) in [6.45, 7) is 0. The van der Waals surface area contributed by atoms with Crippen molar-refractivity contribution in [2.24, 2.45) is 0 Å². The van der Waals surface area contributed by atoms with Gasteiger partial charge in [0.1, 0.15) is 0 Å². The lowest BCUT2D eigenvalue weighted by atomic mass is 10.2. The maximum absolute atomic E-state index is 12.7. The zero-order valence-corrected chi connectivity index (χ0v) is 12.8. The fourth-order valence-corrected chi connectivity index (χ4v) is 3.73. The number of alkyl halides is 3. The van der Waals surface area contributed by atoms with Crippen LogP contribution in [0.15, 0.2) is 53.7 Å². The van der Waals surface area contributed by atoms with Crippen molar-refractivity contribution in [3.63, 3.8) is 0 Å². The van der Waals surface area contributed by atoms with Gasteiger partial charge >= 0.3 is 6.18 Å². The molecular formula is C14H8ClF3N2O2S. The van der Waals surface area contributed by atoms with E-state index >= 15 is 0 Å². The second kappa shape index (κ2) is 5.24. The van der Waals surface area contributed by atoms with Gasteiger partial charge in [0, 0.05) is 17.8 Å². The topological polar surface area (TPSA) is 52.0 Å². The van der Waals surface area contributed by atoms with Gasteiger partial charge in [-0.1, -0.05) is 29.8 Å². The van der Waals surface area contributed by atoms with Gasteiger partial charge in [0.2, 0.25) is 0 Å². The Hall–Kier alpha value is -2.06. The van der Waals surface area contributed by atoms with Crippen LogP contribution in [-0.2, 0) is 16.2 Å². The minimum absolute atomic E-state index is 0.0183. The van der Waals surface area contributed by atoms with Crippen molar-refractivity contribution in [1.82, 2.24) is 8.96 Å². The third kappa shape index (κ3) is 2.68. The minimum Gasteiger partial charge on any atom is -0.237 e. The van der Waals surface area contributed by atoms with Crippen molar-refractivity contribution < 1.29 is 21.6 Å². The number of fused-ring (bicyclic) bond motifs is 1. The summed E-state index contributed by atoms with van der Waals surface area (Å²) in [4.78, 5) is 3.62. The Kier molecular flexibility index (Phi) is 3.61. The number of hydrogen-bond acceptors (Lipinski definition) is 3. The van der Waals surface area contributed by atoms with Crippen LogP contribution in [-0.4, -0.2) is 17.4 Å². The summed E-state index contributed by atoms with van der Waals surface area (Å²) in [5, 5.41) is -0.209. The summed E-state index contributed by atoms with van der Waals surface area (Å²) in [7, 11) is -4.00. The second-order valence-corrected chi connectivity index (χ2v) is 6.91. The van der Waals surface area contributed by atoms with E-state index in [0.717, 1.165) is 16.2 Å². The van der Waals surface area contributed by atoms with Crippen molar-refractivity contribution in [1.29, 1.82) is 0 Å². The van der Waals surface area contributed by atoms with Gasteiger partial charge in [-0.05, 0) is 18.2 Å². The van der Waals surface area contributed by atoms with Crippen LogP contribution in [0.4, 0.5) is 13.2 Å². The molecule has 120 valence electrons. The van der Waals surface area contributed by atoms with Crippen molar-refractivity contribution >= 4 is 32.7 Å². The molecule has 0 aliphatic heterocycles. The number of pyridine rings is 1. The average Bonchev–Trinajstić information content (AvgIpc) is 2.85. The quantitative estimate of drug-likeness (QED) is 0.695. The highest BCUT2D eigenvalue weighted by atomic mass is 35.5. The molecule has 0 atom stereocenters. The molecule has 9 heteroatoms. The number of aromatic nitrogens is 2. The first-order chi connectivity index (χ1) is 10.7. The molecule has 0 saturated heterocycles. The predicted molar refractivity (Wildman–Crippen MR) is 78.8 cm³/mol. The lowest BCUT2D eigenvalue weighted by Crippen LogP contribution is -2.12. The zero-order valence-electron chi connectivity index (χ0n) is 11.2. The van der Waals surface area contributed by atoms with E-state index in [9.17, 15) is 21.6 Å². The SMILES string of the molecule is O=S(=O)(c1ccccc1)n1cc(Cl)c2cc(C(F)(F)F)cnc21. The third-order valence-electron chi connectivity index (χ3n) is 3.19. The lowest BCUT2D eigenvalue weighted by Gasteiger charge is -2.08. The number of nitrogens with zero attached hydrogens (tertiary/aromatic N) is 2. The summed E-state index contributed by atoms with van der Waals surface area (Å²) in [5.41, 5.74) is -1.16. The highest BCUT2D eigenvalue weighted by molar-refractivity contribution is 7.90. The third-order valence-corrected chi connectivity index (χ3v) is 5.16. The van der Waals surface area contributed by atoms with Gasteiger partial charge in [-0.25, -0.2) is 17.4 Å². The largest absolute Gasteiger partial charge is 0.417 e. The average molecular weight is 361 g/mol. The molecule has 0 fully saturated rings. The summed E-state index contributed by atoms with van der Waals surface area (Å²) >= 11 is 5.90. The Morgan fingerprint density at radius 1 is 1.13 bits per heavy atom. The second-order valence-electron chi connectivity index (χ2n) is 4.68. The predicted octanol–water partition coefficient (Wildman–Crippen LogP) is 3.95. The molecular weight excluding hydrogens is 353 g/mol. The van der Waals surface area contributed by atoms with Crippen LogP contribution in [0.2, 0.25) is 5.02 Å². The Balaban J connectivity index is 2.25. The van der Waals surface area contributed by atoms with Crippen LogP contribution in [0, 0.1) is 0 Å². The number of halogens is 4. The van der Waals surface area contributed by atoms with Crippen molar-refractivity contribution in [2.75, 3.05) is 0 Å². The molecule has 0 aliphatic carbocycles. The van der Waals surface area contributed by atoms with Crippen molar-refractivity contribution in [3.05, 3.63) is 59.4 Å². The first kappa shape index (κ1) is 15.8. The van der Waals surface area contributed by atoms with E-state index in [0.29, 0.717) is 6.20 Å². The molecule has 0 N–H and O–H groups in total. The normalized spacial score (nSPS) is 12.7. The summed E-state index contributed by atoms with van der Waals surface area (Å²) in [5.74, 6) is 0. The van der Waals surface area contributed by atoms with Crippen molar-refractivity contribution in [3.8, 4) is 0 Å². The molecule has 2 aromatic heterocycles. The maximum Gasteiger partial charge on any atom is 0.417 e. The molecule has 3 rings (SSSR count). The summed E-state index contributed by atoms with van der Waals surface area (Å²) in [6, 6.07) is 8.25. The van der Waals surface area contributed by atoms with Gasteiger partial charge in [-0.2, -0.15) is 13.2 Å². The van der Waals surface area contributed by atoms with Crippen LogP contribution < -0.4 is 0 Å². The van der Waals surface area contributed by atoms with Crippen LogP contribution in [0.5, 0.6) is 0 Å². The maximum atomic E-state index is 12.7. The standard InChI is InChI=1S/C14H8ClF3N2O2S/c15-12-8-20(23(21,22)10-4-2-1-3-5-10)13-11(12)6-9(7-19-13)14(16,17)18/h1-8H. The van der Waals surface area contributed by atoms with Gasteiger partial charge in [-0.3, -0.25) is 0 Å². The Labute approximate surface area is 134 Å². The van der Waals surface area contributed by atoms with E-state index in [4.69, 9.17) is 11.6 Å². The van der Waals surface area contributed by atoms with Gasteiger partial charge in [-0.15, -0.1) is 0 Å². The van der Waals surface area contributed by atoms with E-state index in [1.54, 1.807) is 6.07 Å². The number of rotatable bonds is 2. The Morgan fingerprint density at radius 2 is 1.78 bits per heavy atom. The smallest absolute Gasteiger partial charge is 0.237 e. The van der Waals surface area contributed by atoms with Gasteiger partial charge in [0.15, 0.2) is 5.65 Å². The monoisotopic (exact) mass is 360 g/mol. The number of benzene rings is 1. The van der Waals surface area contributed by atoms with E-state index in [2.05, 4.69) is 4.98 Å². The highest BCUT2D eigenvalue weighted by Crippen LogP contribution is 2.34. The molecule has 0 unspecified atom stereocenters. The van der Waals surface area contributed by atoms with E-state index in [1.807, 2.05) is 0 Å². The molecule has 4 nitrogen and oxygen atoms in total. The molecule has 3 aromatic rings. The fourth-order valence-electron chi connectivity index (χ4n) is 2.09. The number of hydrogen-bond donors (Lipinski definition) is 0. The van der Waals surface area contributed by atoms with Gasteiger partial charge in [0.05, 0.1) is 15.5 Å². The molecule has 0 amide bonds.